The van der Waals surface area contributed by atoms with Crippen LogP contribution in [0.25, 0.3) is 5.57 Å². The SMILES string of the molecule is CCCC1CCC(C2CC=C(c3ccc(C)c(I)c3I)CC2)CC1. The summed E-state index contributed by atoms with van der Waals surface area (Å²) in [7, 11) is 0. The van der Waals surface area contributed by atoms with Gasteiger partial charge in [0.2, 0.25) is 0 Å². The topological polar surface area (TPSA) is 0 Å². The first-order valence-electron chi connectivity index (χ1n) is 9.74. The lowest BCUT2D eigenvalue weighted by Crippen LogP contribution is -2.23. The highest BCUT2D eigenvalue weighted by Gasteiger charge is 2.28. The number of rotatable bonds is 4. The van der Waals surface area contributed by atoms with E-state index in [1.54, 1.807) is 5.57 Å². The minimum atomic E-state index is 0.957. The van der Waals surface area contributed by atoms with E-state index in [4.69, 9.17) is 0 Å². The van der Waals surface area contributed by atoms with E-state index in [0.29, 0.717) is 0 Å². The highest BCUT2D eigenvalue weighted by molar-refractivity contribution is 14.1. The van der Waals surface area contributed by atoms with E-state index < -0.39 is 0 Å². The predicted molar refractivity (Wildman–Crippen MR) is 122 cm³/mol. The molecule has 1 saturated carbocycles. The Morgan fingerprint density at radius 2 is 1.71 bits per heavy atom. The van der Waals surface area contributed by atoms with Crippen molar-refractivity contribution >= 4 is 50.8 Å². The summed E-state index contributed by atoms with van der Waals surface area (Å²) in [5.74, 6) is 3.00. The Balaban J connectivity index is 1.62. The first-order chi connectivity index (χ1) is 11.6. The lowest BCUT2D eigenvalue weighted by molar-refractivity contribution is 0.189. The highest BCUT2D eigenvalue weighted by atomic mass is 127. The lowest BCUT2D eigenvalue weighted by atomic mass is 9.70. The first kappa shape index (κ1) is 19.2. The van der Waals surface area contributed by atoms with Crippen molar-refractivity contribution in [1.29, 1.82) is 0 Å². The van der Waals surface area contributed by atoms with E-state index in [1.807, 2.05) is 0 Å². The molecule has 1 unspecified atom stereocenters. The van der Waals surface area contributed by atoms with Crippen molar-refractivity contribution in [1.82, 2.24) is 0 Å². The average Bonchev–Trinajstić information content (AvgIpc) is 2.61. The maximum atomic E-state index is 2.58. The van der Waals surface area contributed by atoms with Crippen LogP contribution in [0.1, 0.15) is 75.8 Å². The van der Waals surface area contributed by atoms with Gasteiger partial charge in [-0.15, -0.1) is 0 Å². The Kier molecular flexibility index (Phi) is 7.10. The third kappa shape index (κ3) is 4.39. The van der Waals surface area contributed by atoms with Gasteiger partial charge in [-0.3, -0.25) is 0 Å². The van der Waals surface area contributed by atoms with Gasteiger partial charge in [-0.2, -0.15) is 0 Å². The summed E-state index contributed by atoms with van der Waals surface area (Å²) in [4.78, 5) is 0. The van der Waals surface area contributed by atoms with Crippen LogP contribution in [0.15, 0.2) is 18.2 Å². The second-order valence-electron chi connectivity index (χ2n) is 7.89. The van der Waals surface area contributed by atoms with Gasteiger partial charge in [0, 0.05) is 7.14 Å². The van der Waals surface area contributed by atoms with Gasteiger partial charge in [0.1, 0.15) is 0 Å². The van der Waals surface area contributed by atoms with Crippen LogP contribution in [0.5, 0.6) is 0 Å². The Bertz CT molecular complexity index is 594. The molecule has 3 rings (SSSR count). The third-order valence-corrected chi connectivity index (χ3v) is 9.87. The molecule has 0 bridgehead atoms. The minimum Gasteiger partial charge on any atom is -0.0804 e. The maximum absolute atomic E-state index is 2.58. The van der Waals surface area contributed by atoms with E-state index in [0.717, 1.165) is 17.8 Å². The molecule has 24 heavy (non-hydrogen) atoms. The monoisotopic (exact) mass is 548 g/mol. The molecule has 0 saturated heterocycles. The zero-order valence-corrected chi connectivity index (χ0v) is 19.4. The van der Waals surface area contributed by atoms with Crippen molar-refractivity contribution in [3.63, 3.8) is 0 Å². The van der Waals surface area contributed by atoms with Crippen LogP contribution in [-0.2, 0) is 0 Å². The van der Waals surface area contributed by atoms with E-state index in [-0.39, 0.29) is 0 Å². The fourth-order valence-electron chi connectivity index (χ4n) is 4.78. The molecule has 0 amide bonds. The largest absolute Gasteiger partial charge is 0.0804 e. The van der Waals surface area contributed by atoms with Crippen LogP contribution >= 0.6 is 45.2 Å². The van der Waals surface area contributed by atoms with Gasteiger partial charge in [0.15, 0.2) is 0 Å². The van der Waals surface area contributed by atoms with Crippen molar-refractivity contribution in [3.8, 4) is 0 Å². The number of hydrogen-bond donors (Lipinski definition) is 0. The molecule has 0 radical (unpaired) electrons. The summed E-state index contributed by atoms with van der Waals surface area (Å²) >= 11 is 5.05. The van der Waals surface area contributed by atoms with E-state index in [2.05, 4.69) is 77.2 Å². The summed E-state index contributed by atoms with van der Waals surface area (Å²) in [6.07, 6.45) is 15.4. The fourth-order valence-corrected chi connectivity index (χ4v) is 6.20. The maximum Gasteiger partial charge on any atom is 0.0341 e. The van der Waals surface area contributed by atoms with Crippen LogP contribution in [0.2, 0.25) is 0 Å². The van der Waals surface area contributed by atoms with Crippen LogP contribution < -0.4 is 0 Å². The van der Waals surface area contributed by atoms with Gasteiger partial charge < -0.3 is 0 Å². The third-order valence-electron chi connectivity index (χ3n) is 6.33. The summed E-state index contributed by atoms with van der Waals surface area (Å²) in [6.45, 7) is 4.56. The standard InChI is InChI=1S/C22H30I2/c1-3-4-16-6-8-17(9-7-16)18-10-12-19(13-11-18)20-14-5-15(2)21(23)22(20)24/h5,12,14,16-18H,3-4,6-11,13H2,1-2H3. The molecule has 0 N–H and O–H groups in total. The fraction of sp³-hybridized carbons (Fsp3) is 0.636. The van der Waals surface area contributed by atoms with Crippen LogP contribution in [0.3, 0.4) is 0 Å². The molecule has 132 valence electrons. The molecule has 2 aliphatic rings. The van der Waals surface area contributed by atoms with Gasteiger partial charge >= 0.3 is 0 Å². The number of allylic oxidation sites excluding steroid dienone is 2. The van der Waals surface area contributed by atoms with Gasteiger partial charge in [0.05, 0.1) is 0 Å². The Morgan fingerprint density at radius 3 is 2.33 bits per heavy atom. The zero-order chi connectivity index (χ0) is 17.1. The second kappa shape index (κ2) is 8.88. The van der Waals surface area contributed by atoms with E-state index in [9.17, 15) is 0 Å². The quantitative estimate of drug-likeness (QED) is 0.335. The minimum absolute atomic E-state index is 0.957. The number of benzene rings is 1. The Labute approximate surface area is 175 Å². The number of hydrogen-bond acceptors (Lipinski definition) is 0. The van der Waals surface area contributed by atoms with Crippen molar-refractivity contribution in [3.05, 3.63) is 36.5 Å². The molecule has 2 aliphatic carbocycles. The molecule has 1 fully saturated rings. The average molecular weight is 548 g/mol. The van der Waals surface area contributed by atoms with Crippen LogP contribution in [0.4, 0.5) is 0 Å². The Hall–Kier alpha value is 0.420. The lowest BCUT2D eigenvalue weighted by Gasteiger charge is -2.35. The normalized spacial score (nSPS) is 27.8. The predicted octanol–water partition coefficient (Wildman–Crippen LogP) is 7.99. The molecular weight excluding hydrogens is 518 g/mol. The zero-order valence-electron chi connectivity index (χ0n) is 15.1. The first-order valence-corrected chi connectivity index (χ1v) is 11.9. The molecule has 1 aromatic carbocycles. The highest BCUT2D eigenvalue weighted by Crippen LogP contribution is 2.42. The number of halogens is 2. The van der Waals surface area contributed by atoms with Crippen molar-refractivity contribution in [2.45, 2.75) is 71.6 Å². The molecule has 0 spiro atoms. The molecular formula is C22H30I2. The van der Waals surface area contributed by atoms with Crippen molar-refractivity contribution in [2.24, 2.45) is 17.8 Å². The molecule has 0 aromatic heterocycles. The molecule has 1 aromatic rings. The van der Waals surface area contributed by atoms with Gasteiger partial charge in [-0.05, 0) is 119 Å². The summed E-state index contributed by atoms with van der Waals surface area (Å²) in [5, 5.41) is 0. The second-order valence-corrected chi connectivity index (χ2v) is 10.0. The van der Waals surface area contributed by atoms with Gasteiger partial charge in [0.25, 0.3) is 0 Å². The summed E-state index contributed by atoms with van der Waals surface area (Å²) in [5.41, 5.74) is 4.51. The molecule has 0 nitrogen and oxygen atoms in total. The molecule has 1 atom stereocenters. The van der Waals surface area contributed by atoms with Crippen molar-refractivity contribution in [2.75, 3.05) is 0 Å². The van der Waals surface area contributed by atoms with Gasteiger partial charge in [-0.25, -0.2) is 0 Å². The van der Waals surface area contributed by atoms with Crippen LogP contribution in [-0.4, -0.2) is 0 Å². The summed E-state index contributed by atoms with van der Waals surface area (Å²) in [6, 6.07) is 4.64. The van der Waals surface area contributed by atoms with Crippen LogP contribution in [0, 0.1) is 31.8 Å². The van der Waals surface area contributed by atoms with Gasteiger partial charge in [-0.1, -0.05) is 50.8 Å². The van der Waals surface area contributed by atoms with E-state index in [1.165, 1.54) is 76.1 Å². The molecule has 2 heteroatoms. The van der Waals surface area contributed by atoms with E-state index >= 15 is 0 Å². The smallest absolute Gasteiger partial charge is 0.0341 e. The van der Waals surface area contributed by atoms with Crippen molar-refractivity contribution < 1.29 is 0 Å². The summed E-state index contributed by atoms with van der Waals surface area (Å²) < 4.78 is 2.89. The Morgan fingerprint density at radius 1 is 0.958 bits per heavy atom. The molecule has 0 heterocycles. The number of aryl methyl sites for hydroxylation is 1. The molecule has 0 aliphatic heterocycles.